The Morgan fingerprint density at radius 2 is 1.70 bits per heavy atom. The predicted octanol–water partition coefficient (Wildman–Crippen LogP) is 3.31. The molecule has 0 fully saturated rings. The molecule has 1 heterocycles. The van der Waals surface area contributed by atoms with Crippen LogP contribution in [0.25, 0.3) is 11.3 Å². The number of anilines is 1. The Bertz CT molecular complexity index is 978. The summed E-state index contributed by atoms with van der Waals surface area (Å²) in [7, 11) is 4.90. The fourth-order valence-electron chi connectivity index (χ4n) is 2.91. The van der Waals surface area contributed by atoms with Crippen molar-refractivity contribution in [1.29, 1.82) is 0 Å². The van der Waals surface area contributed by atoms with E-state index in [1.807, 2.05) is 48.0 Å². The van der Waals surface area contributed by atoms with Gasteiger partial charge in [-0.25, -0.2) is 0 Å². The number of methoxy groups -OCH3 is 1. The summed E-state index contributed by atoms with van der Waals surface area (Å²) in [4.78, 5) is 25.0. The monoisotopic (exact) mass is 363 g/mol. The number of nitrogens with zero attached hydrogens (tertiary/aromatic N) is 1. The lowest BCUT2D eigenvalue weighted by atomic mass is 10.1. The highest BCUT2D eigenvalue weighted by Crippen LogP contribution is 2.25. The summed E-state index contributed by atoms with van der Waals surface area (Å²) in [6, 6.07) is 18.4. The second-order valence-corrected chi connectivity index (χ2v) is 5.97. The number of hydrogen-bond acceptors (Lipinski definition) is 3. The zero-order valence-electron chi connectivity index (χ0n) is 15.4. The summed E-state index contributed by atoms with van der Waals surface area (Å²) in [6.45, 7) is 0. The standard InChI is InChI=1S/C21H21N3O3/c1-22-20(25)16-13-15(27-3)9-10-17(16)23-21(26)19-12-11-18(24(19)2)14-7-5-4-6-8-14/h4-13H,1-3H3,(H,22,25)(H,23,26). The topological polar surface area (TPSA) is 72.4 Å². The number of hydrogen-bond donors (Lipinski definition) is 2. The lowest BCUT2D eigenvalue weighted by Crippen LogP contribution is -2.22. The van der Waals surface area contributed by atoms with Crippen LogP contribution in [0.4, 0.5) is 5.69 Å². The van der Waals surface area contributed by atoms with Gasteiger partial charge in [-0.3, -0.25) is 9.59 Å². The molecule has 138 valence electrons. The van der Waals surface area contributed by atoms with Gasteiger partial charge in [-0.15, -0.1) is 0 Å². The molecule has 0 saturated carbocycles. The van der Waals surface area contributed by atoms with E-state index in [-0.39, 0.29) is 11.8 Å². The molecule has 0 bridgehead atoms. The van der Waals surface area contributed by atoms with E-state index in [1.165, 1.54) is 14.2 Å². The van der Waals surface area contributed by atoms with Crippen LogP contribution in [0.15, 0.2) is 60.7 Å². The van der Waals surface area contributed by atoms with E-state index >= 15 is 0 Å². The molecule has 0 aliphatic rings. The van der Waals surface area contributed by atoms with Crippen LogP contribution >= 0.6 is 0 Å². The van der Waals surface area contributed by atoms with Crippen molar-refractivity contribution in [3.05, 3.63) is 71.9 Å². The van der Waals surface area contributed by atoms with Crippen LogP contribution in [0, 0.1) is 0 Å². The molecular weight excluding hydrogens is 342 g/mol. The normalized spacial score (nSPS) is 10.3. The van der Waals surface area contributed by atoms with E-state index in [0.717, 1.165) is 11.3 Å². The van der Waals surface area contributed by atoms with Crippen molar-refractivity contribution in [1.82, 2.24) is 9.88 Å². The number of carbonyl (C=O) groups excluding carboxylic acids is 2. The summed E-state index contributed by atoms with van der Waals surface area (Å²) < 4.78 is 7.00. The third-order valence-electron chi connectivity index (χ3n) is 4.37. The van der Waals surface area contributed by atoms with E-state index in [4.69, 9.17) is 4.74 Å². The molecule has 0 spiro atoms. The van der Waals surface area contributed by atoms with Gasteiger partial charge in [0.1, 0.15) is 11.4 Å². The summed E-state index contributed by atoms with van der Waals surface area (Å²) >= 11 is 0. The first-order chi connectivity index (χ1) is 13.0. The Balaban J connectivity index is 1.91. The highest BCUT2D eigenvalue weighted by atomic mass is 16.5. The Kier molecular flexibility index (Phi) is 5.26. The van der Waals surface area contributed by atoms with Gasteiger partial charge in [0.05, 0.1) is 18.4 Å². The number of aromatic nitrogens is 1. The van der Waals surface area contributed by atoms with Crippen LogP contribution in [0.1, 0.15) is 20.8 Å². The number of nitrogens with one attached hydrogen (secondary N) is 2. The summed E-state index contributed by atoms with van der Waals surface area (Å²) in [5, 5.41) is 5.39. The molecule has 0 atom stereocenters. The van der Waals surface area contributed by atoms with Crippen LogP contribution in [-0.2, 0) is 7.05 Å². The molecule has 27 heavy (non-hydrogen) atoms. The smallest absolute Gasteiger partial charge is 0.272 e. The van der Waals surface area contributed by atoms with E-state index in [9.17, 15) is 9.59 Å². The lowest BCUT2D eigenvalue weighted by molar-refractivity contribution is 0.0963. The highest BCUT2D eigenvalue weighted by molar-refractivity contribution is 6.08. The Hall–Kier alpha value is -3.54. The summed E-state index contributed by atoms with van der Waals surface area (Å²) in [5.74, 6) is -0.0621. The van der Waals surface area contributed by atoms with Crippen LogP contribution in [-0.4, -0.2) is 30.5 Å². The average molecular weight is 363 g/mol. The second-order valence-electron chi connectivity index (χ2n) is 5.97. The van der Waals surface area contributed by atoms with Crippen LogP contribution in [0.3, 0.4) is 0 Å². The SMILES string of the molecule is CNC(=O)c1cc(OC)ccc1NC(=O)c1ccc(-c2ccccc2)n1C. The van der Waals surface area contributed by atoms with Gasteiger partial charge in [0, 0.05) is 19.8 Å². The van der Waals surface area contributed by atoms with Crippen LogP contribution < -0.4 is 15.4 Å². The van der Waals surface area contributed by atoms with E-state index in [0.29, 0.717) is 22.7 Å². The van der Waals surface area contributed by atoms with Gasteiger partial charge in [-0.2, -0.15) is 0 Å². The first-order valence-electron chi connectivity index (χ1n) is 8.47. The molecule has 6 heteroatoms. The molecule has 1 aromatic heterocycles. The van der Waals surface area contributed by atoms with Crippen molar-refractivity contribution in [3.63, 3.8) is 0 Å². The zero-order valence-corrected chi connectivity index (χ0v) is 15.4. The van der Waals surface area contributed by atoms with Gasteiger partial charge in [-0.1, -0.05) is 30.3 Å². The first-order valence-corrected chi connectivity index (χ1v) is 8.47. The Morgan fingerprint density at radius 3 is 2.37 bits per heavy atom. The highest BCUT2D eigenvalue weighted by Gasteiger charge is 2.17. The zero-order chi connectivity index (χ0) is 19.4. The van der Waals surface area contributed by atoms with E-state index < -0.39 is 0 Å². The summed E-state index contributed by atoms with van der Waals surface area (Å²) in [5.41, 5.74) is 3.20. The molecule has 3 rings (SSSR count). The van der Waals surface area contributed by atoms with Gasteiger partial charge in [-0.05, 0) is 35.9 Å². The Morgan fingerprint density at radius 1 is 0.963 bits per heavy atom. The third kappa shape index (κ3) is 3.69. The number of carbonyl (C=O) groups is 2. The molecule has 6 nitrogen and oxygen atoms in total. The largest absolute Gasteiger partial charge is 0.497 e. The van der Waals surface area contributed by atoms with Crippen LogP contribution in [0.2, 0.25) is 0 Å². The maximum atomic E-state index is 12.8. The first kappa shape index (κ1) is 18.3. The second kappa shape index (κ2) is 7.78. The molecule has 0 aliphatic carbocycles. The van der Waals surface area contributed by atoms with E-state index in [2.05, 4.69) is 10.6 Å². The minimum atomic E-state index is -0.305. The van der Waals surface area contributed by atoms with Gasteiger partial charge in [0.25, 0.3) is 11.8 Å². The lowest BCUT2D eigenvalue weighted by Gasteiger charge is -2.13. The minimum Gasteiger partial charge on any atom is -0.497 e. The fraction of sp³-hybridized carbons (Fsp3) is 0.143. The number of benzene rings is 2. The van der Waals surface area contributed by atoms with Crippen molar-refractivity contribution in [2.24, 2.45) is 7.05 Å². The van der Waals surface area contributed by atoms with E-state index in [1.54, 1.807) is 24.3 Å². The minimum absolute atomic E-state index is 0.296. The molecule has 2 aromatic carbocycles. The number of ether oxygens (including phenoxy) is 1. The van der Waals surface area contributed by atoms with Crippen LogP contribution in [0.5, 0.6) is 5.75 Å². The van der Waals surface area contributed by atoms with Gasteiger partial charge < -0.3 is 19.9 Å². The molecule has 0 aliphatic heterocycles. The molecule has 3 aromatic rings. The van der Waals surface area contributed by atoms with Crippen molar-refractivity contribution in [2.45, 2.75) is 0 Å². The third-order valence-corrected chi connectivity index (χ3v) is 4.37. The van der Waals surface area contributed by atoms with Gasteiger partial charge in [0.2, 0.25) is 0 Å². The number of rotatable bonds is 5. The maximum absolute atomic E-state index is 12.8. The molecular formula is C21H21N3O3. The molecule has 0 saturated heterocycles. The van der Waals surface area contributed by atoms with Crippen molar-refractivity contribution >= 4 is 17.5 Å². The fourth-order valence-corrected chi connectivity index (χ4v) is 2.91. The predicted molar refractivity (Wildman–Crippen MR) is 105 cm³/mol. The van der Waals surface area contributed by atoms with Crippen molar-refractivity contribution < 1.29 is 14.3 Å². The molecule has 2 amide bonds. The molecule has 0 radical (unpaired) electrons. The van der Waals surface area contributed by atoms with Gasteiger partial charge in [0.15, 0.2) is 0 Å². The van der Waals surface area contributed by atoms with Gasteiger partial charge >= 0.3 is 0 Å². The number of amides is 2. The quantitative estimate of drug-likeness (QED) is 0.730. The Labute approximate surface area is 157 Å². The maximum Gasteiger partial charge on any atom is 0.272 e. The van der Waals surface area contributed by atoms with Crippen molar-refractivity contribution in [3.8, 4) is 17.0 Å². The van der Waals surface area contributed by atoms with Crippen molar-refractivity contribution in [2.75, 3.05) is 19.5 Å². The molecule has 0 unspecified atom stereocenters. The average Bonchev–Trinajstić information content (AvgIpc) is 3.09. The molecule has 2 N–H and O–H groups in total. The summed E-state index contributed by atoms with van der Waals surface area (Å²) in [6.07, 6.45) is 0.